The molecule has 3 N–H and O–H groups in total. The first-order valence-corrected chi connectivity index (χ1v) is 9.99. The smallest absolute Gasteiger partial charge is 0.132 e. The molecule has 0 radical (unpaired) electrons. The number of aliphatic imine (C=N–C) groups is 1. The second kappa shape index (κ2) is 8.65. The van der Waals surface area contributed by atoms with E-state index in [0.717, 1.165) is 59.0 Å². The van der Waals surface area contributed by atoms with Crippen molar-refractivity contribution in [2.75, 3.05) is 11.9 Å². The molecule has 146 valence electrons. The Kier molecular flexibility index (Phi) is 5.61. The number of anilines is 2. The van der Waals surface area contributed by atoms with Crippen LogP contribution in [0.5, 0.6) is 5.75 Å². The molecule has 3 aromatic rings. The molecule has 0 saturated heterocycles. The lowest BCUT2D eigenvalue weighted by molar-refractivity contribution is 0.309. The van der Waals surface area contributed by atoms with Crippen LogP contribution in [0, 0.1) is 0 Å². The predicted octanol–water partition coefficient (Wildman–Crippen LogP) is 6.13. The maximum atomic E-state index is 6.40. The Labute approximate surface area is 171 Å². The lowest BCUT2D eigenvalue weighted by Gasteiger charge is -2.13. The largest absolute Gasteiger partial charge is 0.494 e. The number of hydrogen-bond donors (Lipinski definition) is 2. The Morgan fingerprint density at radius 2 is 1.72 bits per heavy atom. The minimum absolute atomic E-state index is 0.485. The third-order valence-corrected chi connectivity index (χ3v) is 4.89. The zero-order valence-corrected chi connectivity index (χ0v) is 16.6. The van der Waals surface area contributed by atoms with Gasteiger partial charge in [0.05, 0.1) is 12.3 Å². The molecule has 29 heavy (non-hydrogen) atoms. The van der Waals surface area contributed by atoms with Gasteiger partial charge in [-0.25, -0.2) is 4.99 Å². The van der Waals surface area contributed by atoms with Crippen LogP contribution < -0.4 is 15.8 Å². The first-order valence-electron chi connectivity index (χ1n) is 9.99. The van der Waals surface area contributed by atoms with Crippen LogP contribution >= 0.6 is 0 Å². The predicted molar refractivity (Wildman–Crippen MR) is 122 cm³/mol. The Bertz CT molecular complexity index is 1050. The highest BCUT2D eigenvalue weighted by molar-refractivity contribution is 6.05. The molecule has 0 atom stereocenters. The van der Waals surface area contributed by atoms with E-state index in [2.05, 4.69) is 47.6 Å². The van der Waals surface area contributed by atoms with Crippen molar-refractivity contribution in [1.82, 2.24) is 0 Å². The van der Waals surface area contributed by atoms with Crippen molar-refractivity contribution < 1.29 is 4.74 Å². The molecular weight excluding hydrogens is 358 g/mol. The molecule has 1 heterocycles. The van der Waals surface area contributed by atoms with E-state index in [1.165, 1.54) is 0 Å². The van der Waals surface area contributed by atoms with Gasteiger partial charge in [0.15, 0.2) is 0 Å². The Morgan fingerprint density at radius 1 is 0.931 bits per heavy atom. The monoisotopic (exact) mass is 383 g/mol. The van der Waals surface area contributed by atoms with Crippen LogP contribution in [0.3, 0.4) is 0 Å². The van der Waals surface area contributed by atoms with E-state index in [9.17, 15) is 0 Å². The molecule has 0 fully saturated rings. The number of rotatable bonds is 6. The highest BCUT2D eigenvalue weighted by atomic mass is 16.5. The van der Waals surface area contributed by atoms with E-state index < -0.39 is 0 Å². The average molecular weight is 383 g/mol. The second-order valence-electron chi connectivity index (χ2n) is 7.01. The summed E-state index contributed by atoms with van der Waals surface area (Å²) >= 11 is 0. The Hall–Kier alpha value is -3.53. The van der Waals surface area contributed by atoms with Crippen molar-refractivity contribution in [3.05, 3.63) is 83.4 Å². The molecule has 0 amide bonds. The summed E-state index contributed by atoms with van der Waals surface area (Å²) < 4.78 is 5.71. The SMILES string of the molecule is CCCCOc1ccc(N=C(N)c2cccc3c2C=Cc2ccccc2N3)cc1. The number of nitrogens with zero attached hydrogens (tertiary/aromatic N) is 1. The molecule has 0 aliphatic carbocycles. The molecule has 4 nitrogen and oxygen atoms in total. The minimum atomic E-state index is 0.485. The van der Waals surface area contributed by atoms with Crippen molar-refractivity contribution in [3.8, 4) is 5.75 Å². The maximum absolute atomic E-state index is 6.40. The van der Waals surface area contributed by atoms with Gasteiger partial charge in [-0.15, -0.1) is 0 Å². The highest BCUT2D eigenvalue weighted by Gasteiger charge is 2.13. The number of para-hydroxylation sites is 1. The van der Waals surface area contributed by atoms with E-state index in [4.69, 9.17) is 10.5 Å². The van der Waals surface area contributed by atoms with Crippen molar-refractivity contribution in [1.29, 1.82) is 0 Å². The number of nitrogens with one attached hydrogen (secondary N) is 1. The van der Waals surface area contributed by atoms with Gasteiger partial charge in [0.25, 0.3) is 0 Å². The van der Waals surface area contributed by atoms with Crippen molar-refractivity contribution in [2.45, 2.75) is 19.8 Å². The van der Waals surface area contributed by atoms with Gasteiger partial charge in [-0.1, -0.05) is 55.8 Å². The van der Waals surface area contributed by atoms with Crippen LogP contribution in [-0.4, -0.2) is 12.4 Å². The van der Waals surface area contributed by atoms with Crippen molar-refractivity contribution >= 4 is 35.0 Å². The fraction of sp³-hybridized carbons (Fsp3) is 0.160. The zero-order valence-electron chi connectivity index (χ0n) is 16.6. The molecule has 0 spiro atoms. The van der Waals surface area contributed by atoms with E-state index in [1.807, 2.05) is 48.5 Å². The summed E-state index contributed by atoms with van der Waals surface area (Å²) in [6.45, 7) is 2.89. The molecule has 0 unspecified atom stereocenters. The van der Waals surface area contributed by atoms with Crippen LogP contribution in [0.2, 0.25) is 0 Å². The molecule has 0 aromatic heterocycles. The van der Waals surface area contributed by atoms with E-state index in [0.29, 0.717) is 5.84 Å². The number of nitrogens with two attached hydrogens (primary N) is 1. The lowest BCUT2D eigenvalue weighted by atomic mass is 10.0. The summed E-state index contributed by atoms with van der Waals surface area (Å²) in [7, 11) is 0. The van der Waals surface area contributed by atoms with Gasteiger partial charge in [-0.05, 0) is 48.4 Å². The van der Waals surface area contributed by atoms with Gasteiger partial charge < -0.3 is 15.8 Å². The standard InChI is InChI=1S/C25H25N3O/c1-2-3-17-29-20-14-12-19(13-15-20)27-25(26)22-8-6-10-24-21(22)16-11-18-7-4-5-9-23(18)28-24/h4-16,28H,2-3,17H2,1H3,(H2,26,27). The molecule has 4 rings (SSSR count). The lowest BCUT2D eigenvalue weighted by Crippen LogP contribution is -2.15. The third kappa shape index (κ3) is 4.32. The minimum Gasteiger partial charge on any atom is -0.494 e. The van der Waals surface area contributed by atoms with E-state index in [-0.39, 0.29) is 0 Å². The first kappa shape index (κ1) is 18.8. The van der Waals surface area contributed by atoms with Crippen LogP contribution in [-0.2, 0) is 0 Å². The number of ether oxygens (including phenoxy) is 1. The molecule has 4 heteroatoms. The molecule has 3 aromatic carbocycles. The van der Waals surface area contributed by atoms with Gasteiger partial charge in [0.1, 0.15) is 11.6 Å². The second-order valence-corrected chi connectivity index (χ2v) is 7.01. The summed E-state index contributed by atoms with van der Waals surface area (Å²) in [4.78, 5) is 4.63. The maximum Gasteiger partial charge on any atom is 0.132 e. The molecule has 1 aliphatic heterocycles. The van der Waals surface area contributed by atoms with E-state index in [1.54, 1.807) is 0 Å². The number of benzene rings is 3. The molecule has 0 saturated carbocycles. The number of amidine groups is 1. The van der Waals surface area contributed by atoms with Gasteiger partial charge in [0.2, 0.25) is 0 Å². The van der Waals surface area contributed by atoms with Crippen molar-refractivity contribution in [2.24, 2.45) is 10.7 Å². The zero-order chi connectivity index (χ0) is 20.1. The van der Waals surface area contributed by atoms with Gasteiger partial charge in [0, 0.05) is 22.5 Å². The summed E-state index contributed by atoms with van der Waals surface area (Å²) in [5.41, 5.74) is 12.4. The summed E-state index contributed by atoms with van der Waals surface area (Å²) in [5.74, 6) is 1.34. The van der Waals surface area contributed by atoms with E-state index >= 15 is 0 Å². The Morgan fingerprint density at radius 3 is 2.55 bits per heavy atom. The van der Waals surface area contributed by atoms with Gasteiger partial charge >= 0.3 is 0 Å². The molecule has 1 aliphatic rings. The molecule has 0 bridgehead atoms. The normalized spacial score (nSPS) is 12.5. The summed E-state index contributed by atoms with van der Waals surface area (Å²) in [6, 6.07) is 22.0. The van der Waals surface area contributed by atoms with Crippen LogP contribution in [0.1, 0.15) is 36.5 Å². The number of unbranched alkanes of at least 4 members (excludes halogenated alkanes) is 1. The fourth-order valence-electron chi connectivity index (χ4n) is 3.30. The molecular formula is C25H25N3O. The highest BCUT2D eigenvalue weighted by Crippen LogP contribution is 2.32. The summed E-state index contributed by atoms with van der Waals surface area (Å²) in [5, 5.41) is 3.50. The van der Waals surface area contributed by atoms with Gasteiger partial charge in [-0.3, -0.25) is 0 Å². The van der Waals surface area contributed by atoms with Gasteiger partial charge in [-0.2, -0.15) is 0 Å². The van der Waals surface area contributed by atoms with Crippen LogP contribution in [0.4, 0.5) is 17.1 Å². The van der Waals surface area contributed by atoms with Crippen molar-refractivity contribution in [3.63, 3.8) is 0 Å². The summed E-state index contributed by atoms with van der Waals surface area (Å²) in [6.07, 6.45) is 6.37. The fourth-order valence-corrected chi connectivity index (χ4v) is 3.30. The number of fused-ring (bicyclic) bond motifs is 2. The number of hydrogen-bond acceptors (Lipinski definition) is 3. The first-order chi connectivity index (χ1) is 14.2. The topological polar surface area (TPSA) is 59.6 Å². The van der Waals surface area contributed by atoms with Crippen LogP contribution in [0.25, 0.3) is 12.2 Å². The Balaban J connectivity index is 1.60. The quantitative estimate of drug-likeness (QED) is 0.239. The third-order valence-electron chi connectivity index (χ3n) is 4.89. The average Bonchev–Trinajstić information content (AvgIpc) is 2.94. The van der Waals surface area contributed by atoms with Crippen LogP contribution in [0.15, 0.2) is 71.7 Å².